The van der Waals surface area contributed by atoms with Gasteiger partial charge in [-0.05, 0) is 28.8 Å². The molecule has 2 aromatic rings. The third-order valence-electron chi connectivity index (χ3n) is 2.47. The van der Waals surface area contributed by atoms with Gasteiger partial charge >= 0.3 is 0 Å². The third kappa shape index (κ3) is 2.91. The fourth-order valence-corrected chi connectivity index (χ4v) is 1.96. The number of methoxy groups -OCH3 is 1. The highest BCUT2D eigenvalue weighted by Gasteiger charge is 2.03. The summed E-state index contributed by atoms with van der Waals surface area (Å²) in [6.07, 6.45) is 0.956. The molecule has 1 aromatic heterocycles. The van der Waals surface area contributed by atoms with E-state index in [4.69, 9.17) is 4.74 Å². The number of aryl methyl sites for hydroxylation is 1. The maximum atomic E-state index is 5.29. The lowest BCUT2D eigenvalue weighted by atomic mass is 10.1. The molecule has 0 saturated heterocycles. The second kappa shape index (κ2) is 5.58. The van der Waals surface area contributed by atoms with E-state index in [-0.39, 0.29) is 0 Å². The molecule has 0 aliphatic heterocycles. The molecule has 0 radical (unpaired) electrons. The van der Waals surface area contributed by atoms with Gasteiger partial charge in [-0.3, -0.25) is 0 Å². The summed E-state index contributed by atoms with van der Waals surface area (Å²) in [7, 11) is 1.69. The maximum absolute atomic E-state index is 5.29. The van der Waals surface area contributed by atoms with Crippen LogP contribution in [0.2, 0.25) is 0 Å². The monoisotopic (exact) mass is 250 g/mol. The topological polar surface area (TPSA) is 59.9 Å². The van der Waals surface area contributed by atoms with Gasteiger partial charge in [0.25, 0.3) is 0 Å². The molecule has 0 saturated carbocycles. The highest BCUT2D eigenvalue weighted by Crippen LogP contribution is 2.21. The van der Waals surface area contributed by atoms with Gasteiger partial charge in [0.15, 0.2) is 0 Å². The average Bonchev–Trinajstić information content (AvgIpc) is 2.89. The Morgan fingerprint density at radius 1 is 1.41 bits per heavy atom. The molecule has 2 rings (SSSR count). The fourth-order valence-electron chi connectivity index (χ4n) is 1.60. The summed E-state index contributed by atoms with van der Waals surface area (Å²) in [6.45, 7) is 2.83. The van der Waals surface area contributed by atoms with E-state index in [9.17, 15) is 0 Å². The van der Waals surface area contributed by atoms with Gasteiger partial charge < -0.3 is 10.1 Å². The van der Waals surface area contributed by atoms with Crippen molar-refractivity contribution in [2.75, 3.05) is 12.4 Å². The molecule has 1 N–H and O–H groups in total. The van der Waals surface area contributed by atoms with Gasteiger partial charge in [0.1, 0.15) is 5.75 Å². The van der Waals surface area contributed by atoms with Gasteiger partial charge in [0.2, 0.25) is 5.13 Å². The normalized spacial score (nSPS) is 10.2. The van der Waals surface area contributed by atoms with Gasteiger partial charge in [-0.25, -0.2) is 0 Å². The zero-order valence-electron chi connectivity index (χ0n) is 9.80. The van der Waals surface area contributed by atoms with E-state index < -0.39 is 0 Å². The van der Waals surface area contributed by atoms with E-state index >= 15 is 0 Å². The molecule has 0 unspecified atom stereocenters. The van der Waals surface area contributed by atoms with Crippen molar-refractivity contribution in [2.24, 2.45) is 0 Å². The van der Waals surface area contributed by atoms with Crippen molar-refractivity contribution in [3.05, 3.63) is 29.3 Å². The number of nitrogens with zero attached hydrogens (tertiary/aromatic N) is 3. The SMILES string of the molecule is CCc1cc(CNc2nnns2)ccc1OC. The van der Waals surface area contributed by atoms with Crippen molar-refractivity contribution in [2.45, 2.75) is 19.9 Å². The summed E-state index contributed by atoms with van der Waals surface area (Å²) in [5.41, 5.74) is 2.40. The van der Waals surface area contributed by atoms with Crippen molar-refractivity contribution >= 4 is 16.7 Å². The molecular weight excluding hydrogens is 236 g/mol. The fraction of sp³-hybridized carbons (Fsp3) is 0.364. The van der Waals surface area contributed by atoms with Gasteiger partial charge in [-0.2, -0.15) is 0 Å². The Morgan fingerprint density at radius 2 is 2.29 bits per heavy atom. The van der Waals surface area contributed by atoms with E-state index in [1.807, 2.05) is 12.1 Å². The second-order valence-electron chi connectivity index (χ2n) is 3.52. The van der Waals surface area contributed by atoms with Crippen LogP contribution in [0.5, 0.6) is 5.75 Å². The van der Waals surface area contributed by atoms with Crippen molar-refractivity contribution in [1.29, 1.82) is 0 Å². The predicted molar refractivity (Wildman–Crippen MR) is 67.4 cm³/mol. The molecule has 0 fully saturated rings. The number of benzene rings is 1. The zero-order chi connectivity index (χ0) is 12.1. The number of ether oxygens (including phenoxy) is 1. The Bertz CT molecular complexity index is 472. The average molecular weight is 250 g/mol. The molecule has 5 nitrogen and oxygen atoms in total. The standard InChI is InChI=1S/C11H14N4OS/c1-3-9-6-8(4-5-10(9)16-2)7-12-11-13-14-15-17-11/h4-6H,3,7H2,1-2H3,(H,12,13,15). The van der Waals surface area contributed by atoms with Crippen LogP contribution in [-0.4, -0.2) is 21.9 Å². The van der Waals surface area contributed by atoms with E-state index in [2.05, 4.69) is 33.1 Å². The van der Waals surface area contributed by atoms with Gasteiger partial charge in [0, 0.05) is 18.1 Å². The largest absolute Gasteiger partial charge is 0.496 e. The first-order chi connectivity index (χ1) is 8.33. The lowest BCUT2D eigenvalue weighted by molar-refractivity contribution is 0.410. The molecule has 90 valence electrons. The third-order valence-corrected chi connectivity index (χ3v) is 3.02. The van der Waals surface area contributed by atoms with Crippen molar-refractivity contribution in [3.63, 3.8) is 0 Å². The first-order valence-corrected chi connectivity index (χ1v) is 6.15. The van der Waals surface area contributed by atoms with Crippen LogP contribution in [0.25, 0.3) is 0 Å². The van der Waals surface area contributed by atoms with Crippen LogP contribution in [0.15, 0.2) is 18.2 Å². The zero-order valence-corrected chi connectivity index (χ0v) is 10.6. The lowest BCUT2D eigenvalue weighted by Gasteiger charge is -2.09. The van der Waals surface area contributed by atoms with Crippen LogP contribution in [-0.2, 0) is 13.0 Å². The van der Waals surface area contributed by atoms with E-state index in [0.29, 0.717) is 6.54 Å². The van der Waals surface area contributed by atoms with E-state index in [1.165, 1.54) is 22.7 Å². The summed E-state index contributed by atoms with van der Waals surface area (Å²) >= 11 is 1.25. The summed E-state index contributed by atoms with van der Waals surface area (Å²) in [6, 6.07) is 6.17. The molecule has 1 aromatic carbocycles. The van der Waals surface area contributed by atoms with Crippen LogP contribution in [0, 0.1) is 0 Å². The van der Waals surface area contributed by atoms with Crippen LogP contribution >= 0.6 is 11.5 Å². The Labute approximate surface area is 104 Å². The van der Waals surface area contributed by atoms with Crippen LogP contribution < -0.4 is 10.1 Å². The number of nitrogens with one attached hydrogen (secondary N) is 1. The van der Waals surface area contributed by atoms with Crippen LogP contribution in [0.3, 0.4) is 0 Å². The number of aromatic nitrogens is 3. The molecule has 0 amide bonds. The summed E-state index contributed by atoms with van der Waals surface area (Å²) in [4.78, 5) is 0. The van der Waals surface area contributed by atoms with Crippen molar-refractivity contribution in [3.8, 4) is 5.75 Å². The smallest absolute Gasteiger partial charge is 0.225 e. The molecule has 17 heavy (non-hydrogen) atoms. The summed E-state index contributed by atoms with van der Waals surface area (Å²) in [5.74, 6) is 0.939. The Hall–Kier alpha value is -1.69. The number of hydrogen-bond acceptors (Lipinski definition) is 6. The minimum Gasteiger partial charge on any atom is -0.496 e. The lowest BCUT2D eigenvalue weighted by Crippen LogP contribution is -2.00. The quantitative estimate of drug-likeness (QED) is 0.880. The molecular formula is C11H14N4OS. The van der Waals surface area contributed by atoms with Gasteiger partial charge in [-0.15, -0.1) is 0 Å². The first kappa shape index (κ1) is 11.8. The Balaban J connectivity index is 2.06. The summed E-state index contributed by atoms with van der Waals surface area (Å²) < 4.78 is 8.98. The predicted octanol–water partition coefficient (Wildman–Crippen LogP) is 2.12. The minimum atomic E-state index is 0.716. The number of rotatable bonds is 5. The van der Waals surface area contributed by atoms with Crippen LogP contribution in [0.1, 0.15) is 18.1 Å². The van der Waals surface area contributed by atoms with Gasteiger partial charge in [-0.1, -0.05) is 28.6 Å². The highest BCUT2D eigenvalue weighted by atomic mass is 32.1. The molecule has 0 atom stereocenters. The molecule has 1 heterocycles. The van der Waals surface area contributed by atoms with E-state index in [0.717, 1.165) is 17.3 Å². The Kier molecular flexibility index (Phi) is 3.87. The Morgan fingerprint density at radius 3 is 2.94 bits per heavy atom. The summed E-state index contributed by atoms with van der Waals surface area (Å²) in [5, 5.41) is 11.3. The molecule has 6 heteroatoms. The molecule has 0 spiro atoms. The molecule has 0 bridgehead atoms. The van der Waals surface area contributed by atoms with Crippen LogP contribution in [0.4, 0.5) is 5.13 Å². The second-order valence-corrected chi connectivity index (χ2v) is 4.25. The number of anilines is 1. The van der Waals surface area contributed by atoms with Crippen molar-refractivity contribution in [1.82, 2.24) is 14.8 Å². The first-order valence-electron chi connectivity index (χ1n) is 5.38. The molecule has 0 aliphatic carbocycles. The molecule has 0 aliphatic rings. The van der Waals surface area contributed by atoms with E-state index in [1.54, 1.807) is 7.11 Å². The van der Waals surface area contributed by atoms with Gasteiger partial charge in [0.05, 0.1) is 7.11 Å². The minimum absolute atomic E-state index is 0.716. The van der Waals surface area contributed by atoms with Crippen molar-refractivity contribution < 1.29 is 4.74 Å². The highest BCUT2D eigenvalue weighted by molar-refractivity contribution is 7.09. The maximum Gasteiger partial charge on any atom is 0.225 e. The number of hydrogen-bond donors (Lipinski definition) is 1.